The third-order valence-electron chi connectivity index (χ3n) is 6.08. The lowest BCUT2D eigenvalue weighted by molar-refractivity contribution is -0.140. The number of likely N-dealkylation sites (tertiary alicyclic amines) is 1. The van der Waals surface area contributed by atoms with E-state index in [9.17, 15) is 13.2 Å². The molecule has 182 valence electrons. The third-order valence-corrected chi connectivity index (χ3v) is 6.08. The summed E-state index contributed by atoms with van der Waals surface area (Å²) in [6.45, 7) is 1.85. The number of alkyl halides is 3. The summed E-state index contributed by atoms with van der Waals surface area (Å²) in [6.07, 6.45) is 1.33. The number of halogens is 3. The van der Waals surface area contributed by atoms with Crippen molar-refractivity contribution in [3.8, 4) is 11.8 Å². The number of ether oxygens (including phenoxy) is 1. The van der Waals surface area contributed by atoms with E-state index in [2.05, 4.69) is 39.7 Å². The van der Waals surface area contributed by atoms with E-state index in [4.69, 9.17) is 4.74 Å². The van der Waals surface area contributed by atoms with Crippen LogP contribution in [-0.2, 0) is 11.3 Å². The van der Waals surface area contributed by atoms with Gasteiger partial charge in [-0.3, -0.25) is 0 Å². The molecule has 0 saturated carbocycles. The van der Waals surface area contributed by atoms with Crippen LogP contribution in [0.4, 0.5) is 18.9 Å². The van der Waals surface area contributed by atoms with Gasteiger partial charge in [-0.1, -0.05) is 12.0 Å². The van der Waals surface area contributed by atoms with Crippen molar-refractivity contribution in [2.24, 2.45) is 0 Å². The van der Waals surface area contributed by atoms with Gasteiger partial charge in [0.1, 0.15) is 12.3 Å². The first kappa shape index (κ1) is 23.9. The van der Waals surface area contributed by atoms with Gasteiger partial charge < -0.3 is 30.2 Å². The zero-order chi connectivity index (χ0) is 24.1. The van der Waals surface area contributed by atoms with Crippen LogP contribution in [0.25, 0.3) is 10.9 Å². The Labute approximate surface area is 197 Å². The molecule has 0 spiro atoms. The van der Waals surface area contributed by atoms with Crippen LogP contribution in [0.3, 0.4) is 0 Å². The summed E-state index contributed by atoms with van der Waals surface area (Å²) in [7, 11) is 3.69. The molecule has 34 heavy (non-hydrogen) atoms. The molecular weight excluding hydrogens is 443 g/mol. The highest BCUT2D eigenvalue weighted by atomic mass is 19.4. The number of dihydropyridines is 1. The predicted molar refractivity (Wildman–Crippen MR) is 128 cm³/mol. The minimum absolute atomic E-state index is 0.266. The summed E-state index contributed by atoms with van der Waals surface area (Å²) < 4.78 is 46.8. The Bertz CT molecular complexity index is 1130. The normalized spacial score (nSPS) is 17.3. The molecule has 0 atom stereocenters. The predicted octanol–water partition coefficient (Wildman–Crippen LogP) is 3.63. The van der Waals surface area contributed by atoms with Crippen molar-refractivity contribution in [2.45, 2.75) is 31.6 Å². The maximum atomic E-state index is 13.4. The number of fused-ring (bicyclic) bond motifs is 1. The first-order valence-corrected chi connectivity index (χ1v) is 11.4. The highest BCUT2D eigenvalue weighted by Crippen LogP contribution is 2.31. The monoisotopic (exact) mass is 473 g/mol. The summed E-state index contributed by atoms with van der Waals surface area (Å²) in [6, 6.07) is 7.50. The van der Waals surface area contributed by atoms with E-state index >= 15 is 0 Å². The van der Waals surface area contributed by atoms with Crippen molar-refractivity contribution in [3.05, 3.63) is 53.7 Å². The molecule has 2 aliphatic heterocycles. The summed E-state index contributed by atoms with van der Waals surface area (Å²) >= 11 is 0. The molecule has 0 bridgehead atoms. The lowest BCUT2D eigenvalue weighted by Gasteiger charge is -2.30. The molecule has 1 aromatic heterocycles. The highest BCUT2D eigenvalue weighted by Gasteiger charge is 2.30. The molecular formula is C25H30F3N5O. The van der Waals surface area contributed by atoms with Gasteiger partial charge in [-0.15, -0.1) is 0 Å². The quantitative estimate of drug-likeness (QED) is 0.560. The van der Waals surface area contributed by atoms with Crippen molar-refractivity contribution in [3.63, 3.8) is 0 Å². The lowest BCUT2D eigenvalue weighted by atomic mass is 10.0. The molecule has 6 nitrogen and oxygen atoms in total. The molecule has 1 aromatic carbocycles. The van der Waals surface area contributed by atoms with E-state index < -0.39 is 12.7 Å². The smallest absolute Gasteiger partial charge is 0.406 e. The average molecular weight is 474 g/mol. The molecule has 0 unspecified atom stereocenters. The summed E-state index contributed by atoms with van der Waals surface area (Å²) in [5, 5.41) is 10.5. The molecule has 3 heterocycles. The van der Waals surface area contributed by atoms with Crippen LogP contribution in [-0.4, -0.2) is 62.0 Å². The summed E-state index contributed by atoms with van der Waals surface area (Å²) in [5.74, 6) is 6.61. The van der Waals surface area contributed by atoms with Gasteiger partial charge in [0.25, 0.3) is 0 Å². The van der Waals surface area contributed by atoms with Crippen LogP contribution < -0.4 is 16.0 Å². The second-order valence-electron chi connectivity index (χ2n) is 8.59. The SMILES string of the molecule is COC1=CCNC=C1NCC#Cc1cc2c(NC3CCN(C)CC3)cccc2n1CC(F)(F)F. The molecule has 2 aliphatic rings. The summed E-state index contributed by atoms with van der Waals surface area (Å²) in [4.78, 5) is 2.28. The van der Waals surface area contributed by atoms with Gasteiger partial charge in [0.2, 0.25) is 0 Å². The Balaban J connectivity index is 1.58. The number of nitrogens with zero attached hydrogens (tertiary/aromatic N) is 2. The number of piperidine rings is 1. The molecule has 4 rings (SSSR count). The average Bonchev–Trinajstić information content (AvgIpc) is 3.15. The van der Waals surface area contributed by atoms with E-state index in [0.29, 0.717) is 29.6 Å². The Hall–Kier alpha value is -3.25. The number of hydrogen-bond acceptors (Lipinski definition) is 5. The number of hydrogen-bond donors (Lipinski definition) is 3. The second-order valence-corrected chi connectivity index (χ2v) is 8.59. The lowest BCUT2D eigenvalue weighted by Crippen LogP contribution is -2.36. The molecule has 1 fully saturated rings. The molecule has 0 radical (unpaired) electrons. The van der Waals surface area contributed by atoms with Crippen molar-refractivity contribution in [2.75, 3.05) is 45.7 Å². The van der Waals surface area contributed by atoms with Crippen LogP contribution in [0.15, 0.2) is 48.0 Å². The van der Waals surface area contributed by atoms with Crippen LogP contribution in [0.1, 0.15) is 18.5 Å². The number of aromatic nitrogens is 1. The maximum Gasteiger partial charge on any atom is 0.406 e. The Morgan fingerprint density at radius 3 is 2.76 bits per heavy atom. The molecule has 9 heteroatoms. The fourth-order valence-electron chi connectivity index (χ4n) is 4.34. The molecule has 3 N–H and O–H groups in total. The van der Waals surface area contributed by atoms with Gasteiger partial charge in [-0.05, 0) is 63.2 Å². The third kappa shape index (κ3) is 5.81. The number of anilines is 1. The van der Waals surface area contributed by atoms with E-state index in [1.807, 2.05) is 12.1 Å². The zero-order valence-corrected chi connectivity index (χ0v) is 19.4. The minimum atomic E-state index is -4.35. The highest BCUT2D eigenvalue weighted by molar-refractivity contribution is 5.94. The van der Waals surface area contributed by atoms with E-state index in [1.54, 1.807) is 31.5 Å². The zero-order valence-electron chi connectivity index (χ0n) is 19.4. The van der Waals surface area contributed by atoms with Crippen molar-refractivity contribution in [1.29, 1.82) is 0 Å². The van der Waals surface area contributed by atoms with Gasteiger partial charge in [0.05, 0.1) is 30.6 Å². The first-order chi connectivity index (χ1) is 16.3. The Morgan fingerprint density at radius 1 is 1.24 bits per heavy atom. The van der Waals surface area contributed by atoms with Crippen LogP contribution >= 0.6 is 0 Å². The van der Waals surface area contributed by atoms with Crippen molar-refractivity contribution < 1.29 is 17.9 Å². The molecule has 1 saturated heterocycles. The van der Waals surface area contributed by atoms with Crippen molar-refractivity contribution in [1.82, 2.24) is 20.1 Å². The Morgan fingerprint density at radius 2 is 2.03 bits per heavy atom. The topological polar surface area (TPSA) is 53.5 Å². The Kier molecular flexibility index (Phi) is 7.27. The summed E-state index contributed by atoms with van der Waals surface area (Å²) in [5.41, 5.74) is 2.47. The number of rotatable bonds is 6. The molecule has 2 aromatic rings. The van der Waals surface area contributed by atoms with E-state index in [0.717, 1.165) is 42.7 Å². The van der Waals surface area contributed by atoms with Crippen LogP contribution in [0, 0.1) is 11.8 Å². The minimum Gasteiger partial charge on any atom is -0.495 e. The van der Waals surface area contributed by atoms with Gasteiger partial charge in [0.15, 0.2) is 0 Å². The molecule has 0 amide bonds. The first-order valence-electron chi connectivity index (χ1n) is 11.4. The standard InChI is InChI=1S/C25H30F3N5O/c1-32-13-9-18(10-14-32)31-21-6-3-7-23-20(21)15-19(33(23)17-25(26,27)28)5-4-11-30-22-16-29-12-8-24(22)34-2/h3,6-8,15-16,18,29-31H,9-14,17H2,1-2H3. The van der Waals surface area contributed by atoms with Gasteiger partial charge in [-0.2, -0.15) is 13.2 Å². The van der Waals surface area contributed by atoms with Gasteiger partial charge in [-0.25, -0.2) is 0 Å². The number of nitrogens with one attached hydrogen (secondary N) is 3. The van der Waals surface area contributed by atoms with E-state index in [-0.39, 0.29) is 6.54 Å². The number of methoxy groups -OCH3 is 1. The molecule has 0 aliphatic carbocycles. The maximum absolute atomic E-state index is 13.4. The van der Waals surface area contributed by atoms with Crippen LogP contribution in [0.2, 0.25) is 0 Å². The fourth-order valence-corrected chi connectivity index (χ4v) is 4.34. The van der Waals surface area contributed by atoms with Crippen LogP contribution in [0.5, 0.6) is 0 Å². The van der Waals surface area contributed by atoms with Gasteiger partial charge in [0, 0.05) is 29.9 Å². The second kappa shape index (κ2) is 10.3. The largest absolute Gasteiger partial charge is 0.495 e. The number of benzene rings is 1. The fraction of sp³-hybridized carbons (Fsp3) is 0.440. The van der Waals surface area contributed by atoms with Crippen molar-refractivity contribution >= 4 is 16.6 Å². The van der Waals surface area contributed by atoms with Gasteiger partial charge >= 0.3 is 6.18 Å². The van der Waals surface area contributed by atoms with E-state index in [1.165, 1.54) is 4.57 Å².